The largest absolute Gasteiger partial charge is 0.397 e. The first-order valence-electron chi connectivity index (χ1n) is 3.80. The molecule has 0 saturated carbocycles. The zero-order chi connectivity index (χ0) is 9.68. The summed E-state index contributed by atoms with van der Waals surface area (Å²) in [5, 5.41) is 0. The van der Waals surface area contributed by atoms with Gasteiger partial charge >= 0.3 is 0 Å². The summed E-state index contributed by atoms with van der Waals surface area (Å²) in [7, 11) is 0. The predicted molar refractivity (Wildman–Crippen MR) is 54.4 cm³/mol. The van der Waals surface area contributed by atoms with Crippen LogP contribution in [0.25, 0.3) is 5.70 Å². The molecule has 0 atom stereocenters. The average molecular weight is 176 g/mol. The normalized spacial score (nSPS) is 10.9. The highest BCUT2D eigenvalue weighted by Crippen LogP contribution is 2.06. The van der Waals surface area contributed by atoms with Gasteiger partial charge in [0.15, 0.2) is 5.96 Å². The van der Waals surface area contributed by atoms with Crippen molar-refractivity contribution in [3.8, 4) is 0 Å². The van der Waals surface area contributed by atoms with Crippen LogP contribution in [0.15, 0.2) is 41.5 Å². The van der Waals surface area contributed by atoms with Gasteiger partial charge in [-0.15, -0.1) is 0 Å². The molecule has 0 aliphatic rings. The van der Waals surface area contributed by atoms with Gasteiger partial charge in [-0.25, -0.2) is 4.99 Å². The van der Waals surface area contributed by atoms with E-state index in [4.69, 9.17) is 17.2 Å². The lowest BCUT2D eigenvalue weighted by Crippen LogP contribution is -2.22. The molecule has 1 rings (SSSR count). The van der Waals surface area contributed by atoms with E-state index in [1.54, 1.807) is 0 Å². The molecule has 0 heterocycles. The van der Waals surface area contributed by atoms with E-state index in [1.807, 2.05) is 30.3 Å². The fourth-order valence-electron chi connectivity index (χ4n) is 0.849. The topological polar surface area (TPSA) is 90.4 Å². The lowest BCUT2D eigenvalue weighted by Gasteiger charge is -1.98. The summed E-state index contributed by atoms with van der Waals surface area (Å²) in [5.74, 6) is -0.00104. The molecule has 1 aromatic carbocycles. The number of guanidine groups is 1. The van der Waals surface area contributed by atoms with Gasteiger partial charge in [-0.05, 0) is 5.56 Å². The molecule has 0 saturated heterocycles. The SMILES string of the molecule is NC(N)=N/C=C(\N)c1ccccc1. The fraction of sp³-hybridized carbons (Fsp3) is 0. The van der Waals surface area contributed by atoms with Crippen molar-refractivity contribution in [2.75, 3.05) is 0 Å². The van der Waals surface area contributed by atoms with E-state index in [0.29, 0.717) is 5.70 Å². The molecule has 4 nitrogen and oxygen atoms in total. The van der Waals surface area contributed by atoms with Gasteiger partial charge in [0.05, 0.1) is 11.9 Å². The maximum atomic E-state index is 5.69. The van der Waals surface area contributed by atoms with E-state index in [1.165, 1.54) is 6.20 Å². The molecule has 0 radical (unpaired) electrons. The standard InChI is InChI=1S/C9H12N4/c10-8(6-13-9(11)12)7-4-2-1-3-5-7/h1-6H,10H2,(H4,11,12,13)/b8-6-. The number of aliphatic imine (C=N–C) groups is 1. The van der Waals surface area contributed by atoms with Gasteiger partial charge in [0, 0.05) is 0 Å². The van der Waals surface area contributed by atoms with E-state index < -0.39 is 0 Å². The third-order valence-corrected chi connectivity index (χ3v) is 1.46. The van der Waals surface area contributed by atoms with Crippen LogP contribution in [-0.2, 0) is 0 Å². The third-order valence-electron chi connectivity index (χ3n) is 1.46. The smallest absolute Gasteiger partial charge is 0.190 e. The quantitative estimate of drug-likeness (QED) is 0.444. The van der Waals surface area contributed by atoms with Gasteiger partial charge in [-0.3, -0.25) is 0 Å². The van der Waals surface area contributed by atoms with E-state index in [9.17, 15) is 0 Å². The maximum Gasteiger partial charge on any atom is 0.190 e. The van der Waals surface area contributed by atoms with Gasteiger partial charge in [0.1, 0.15) is 0 Å². The third kappa shape index (κ3) is 2.86. The van der Waals surface area contributed by atoms with Crippen LogP contribution in [0.3, 0.4) is 0 Å². The molecule has 0 aliphatic heterocycles. The molecule has 0 aliphatic carbocycles. The predicted octanol–water partition coefficient (Wildman–Crippen LogP) is 0.217. The van der Waals surface area contributed by atoms with E-state index >= 15 is 0 Å². The molecular formula is C9H12N4. The zero-order valence-electron chi connectivity index (χ0n) is 7.14. The van der Waals surface area contributed by atoms with Gasteiger partial charge in [0.25, 0.3) is 0 Å². The Morgan fingerprint density at radius 1 is 1.08 bits per heavy atom. The van der Waals surface area contributed by atoms with E-state index in [0.717, 1.165) is 5.56 Å². The monoisotopic (exact) mass is 176 g/mol. The Hall–Kier alpha value is -1.97. The Kier molecular flexibility index (Phi) is 2.92. The van der Waals surface area contributed by atoms with E-state index in [-0.39, 0.29) is 5.96 Å². The van der Waals surface area contributed by atoms with Crippen LogP contribution in [0.4, 0.5) is 0 Å². The number of rotatable bonds is 2. The molecule has 6 N–H and O–H groups in total. The summed E-state index contributed by atoms with van der Waals surface area (Å²) < 4.78 is 0. The number of hydrogen-bond donors (Lipinski definition) is 3. The highest BCUT2D eigenvalue weighted by atomic mass is 15.0. The van der Waals surface area contributed by atoms with Crippen molar-refractivity contribution < 1.29 is 0 Å². The van der Waals surface area contributed by atoms with Crippen molar-refractivity contribution >= 4 is 11.7 Å². The second kappa shape index (κ2) is 4.15. The minimum Gasteiger partial charge on any atom is -0.397 e. The Morgan fingerprint density at radius 3 is 2.23 bits per heavy atom. The van der Waals surface area contributed by atoms with Crippen LogP contribution in [-0.4, -0.2) is 5.96 Å². The Labute approximate surface area is 76.8 Å². The summed E-state index contributed by atoms with van der Waals surface area (Å²) in [5.41, 5.74) is 17.4. The fourth-order valence-corrected chi connectivity index (χ4v) is 0.849. The molecule has 13 heavy (non-hydrogen) atoms. The second-order valence-electron chi connectivity index (χ2n) is 2.50. The summed E-state index contributed by atoms with van der Waals surface area (Å²) >= 11 is 0. The average Bonchev–Trinajstić information content (AvgIpc) is 2.15. The van der Waals surface area contributed by atoms with Crippen LogP contribution >= 0.6 is 0 Å². The first kappa shape index (κ1) is 9.12. The molecule has 0 unspecified atom stereocenters. The van der Waals surface area contributed by atoms with Crippen molar-refractivity contribution in [2.24, 2.45) is 22.2 Å². The number of benzene rings is 1. The number of nitrogens with two attached hydrogens (primary N) is 3. The van der Waals surface area contributed by atoms with Gasteiger partial charge in [0.2, 0.25) is 0 Å². The Bertz CT molecular complexity index is 323. The number of nitrogens with zero attached hydrogens (tertiary/aromatic N) is 1. The Balaban J connectivity index is 2.86. The zero-order valence-corrected chi connectivity index (χ0v) is 7.14. The first-order chi connectivity index (χ1) is 6.20. The Morgan fingerprint density at radius 2 is 1.69 bits per heavy atom. The first-order valence-corrected chi connectivity index (χ1v) is 3.80. The molecule has 0 spiro atoms. The molecule has 1 aromatic rings. The summed E-state index contributed by atoms with van der Waals surface area (Å²) in [6.07, 6.45) is 1.44. The maximum absolute atomic E-state index is 5.69. The molecule has 0 aromatic heterocycles. The van der Waals surface area contributed by atoms with Crippen molar-refractivity contribution in [2.45, 2.75) is 0 Å². The van der Waals surface area contributed by atoms with Crippen LogP contribution in [0.1, 0.15) is 5.56 Å². The highest BCUT2D eigenvalue weighted by molar-refractivity contribution is 5.77. The summed E-state index contributed by atoms with van der Waals surface area (Å²) in [6, 6.07) is 9.47. The molecular weight excluding hydrogens is 164 g/mol. The second-order valence-corrected chi connectivity index (χ2v) is 2.50. The lowest BCUT2D eigenvalue weighted by atomic mass is 10.2. The van der Waals surface area contributed by atoms with Crippen molar-refractivity contribution in [1.29, 1.82) is 0 Å². The minimum absolute atomic E-state index is 0.00104. The van der Waals surface area contributed by atoms with Crippen molar-refractivity contribution in [3.63, 3.8) is 0 Å². The van der Waals surface area contributed by atoms with Crippen LogP contribution in [0, 0.1) is 0 Å². The molecule has 0 amide bonds. The van der Waals surface area contributed by atoms with Crippen molar-refractivity contribution in [1.82, 2.24) is 0 Å². The number of hydrogen-bond acceptors (Lipinski definition) is 2. The van der Waals surface area contributed by atoms with Gasteiger partial charge < -0.3 is 17.2 Å². The van der Waals surface area contributed by atoms with Gasteiger partial charge in [-0.1, -0.05) is 30.3 Å². The molecule has 68 valence electrons. The lowest BCUT2D eigenvalue weighted by molar-refractivity contribution is 1.40. The molecule has 0 bridgehead atoms. The van der Waals surface area contributed by atoms with Gasteiger partial charge in [-0.2, -0.15) is 0 Å². The van der Waals surface area contributed by atoms with E-state index in [2.05, 4.69) is 4.99 Å². The molecule has 4 heteroatoms. The van der Waals surface area contributed by atoms with Crippen molar-refractivity contribution in [3.05, 3.63) is 42.1 Å². The highest BCUT2D eigenvalue weighted by Gasteiger charge is 1.92. The summed E-state index contributed by atoms with van der Waals surface area (Å²) in [4.78, 5) is 3.69. The minimum atomic E-state index is -0.00104. The summed E-state index contributed by atoms with van der Waals surface area (Å²) in [6.45, 7) is 0. The van der Waals surface area contributed by atoms with Crippen LogP contribution in [0.2, 0.25) is 0 Å². The van der Waals surface area contributed by atoms with Crippen LogP contribution < -0.4 is 17.2 Å². The van der Waals surface area contributed by atoms with Crippen LogP contribution in [0.5, 0.6) is 0 Å². The molecule has 0 fully saturated rings.